The van der Waals surface area contributed by atoms with Crippen LogP contribution in [-0.2, 0) is 6.42 Å². The summed E-state index contributed by atoms with van der Waals surface area (Å²) in [5, 5.41) is 8.56. The van der Waals surface area contributed by atoms with E-state index in [4.69, 9.17) is 5.11 Å². The van der Waals surface area contributed by atoms with Gasteiger partial charge in [-0.15, -0.1) is 6.58 Å². The fourth-order valence-electron chi connectivity index (χ4n) is 0.805. The molecular weight excluding hydrogens is 144 g/mol. The number of hydrogen-bond acceptors (Lipinski definition) is 2. The quantitative estimate of drug-likeness (QED) is 0.630. The SMILES string of the molecule is C=CCc1[nH]cnc1C(=O)O. The Hall–Kier alpha value is -1.58. The van der Waals surface area contributed by atoms with Gasteiger partial charge in [0.2, 0.25) is 0 Å². The first-order valence-corrected chi connectivity index (χ1v) is 3.12. The van der Waals surface area contributed by atoms with Crippen LogP contribution < -0.4 is 0 Å². The molecule has 0 atom stereocenters. The van der Waals surface area contributed by atoms with Crippen LogP contribution in [0.4, 0.5) is 0 Å². The van der Waals surface area contributed by atoms with E-state index >= 15 is 0 Å². The number of nitrogens with zero attached hydrogens (tertiary/aromatic N) is 1. The van der Waals surface area contributed by atoms with Gasteiger partial charge in [-0.1, -0.05) is 6.08 Å². The summed E-state index contributed by atoms with van der Waals surface area (Å²) in [7, 11) is 0. The predicted octanol–water partition coefficient (Wildman–Crippen LogP) is 0.836. The van der Waals surface area contributed by atoms with E-state index in [1.807, 2.05) is 0 Å². The molecular formula is C7H8N2O2. The van der Waals surface area contributed by atoms with Crippen LogP contribution in [0.3, 0.4) is 0 Å². The van der Waals surface area contributed by atoms with Crippen molar-refractivity contribution in [2.45, 2.75) is 6.42 Å². The van der Waals surface area contributed by atoms with Gasteiger partial charge in [0.25, 0.3) is 0 Å². The first-order chi connectivity index (χ1) is 5.25. The maximum Gasteiger partial charge on any atom is 0.356 e. The first kappa shape index (κ1) is 7.53. The lowest BCUT2D eigenvalue weighted by atomic mass is 10.2. The largest absolute Gasteiger partial charge is 0.476 e. The van der Waals surface area contributed by atoms with Crippen LogP contribution in [0.15, 0.2) is 19.0 Å². The third kappa shape index (κ3) is 1.46. The van der Waals surface area contributed by atoms with Gasteiger partial charge in [0, 0.05) is 6.42 Å². The minimum absolute atomic E-state index is 0.0740. The number of aromatic amines is 1. The van der Waals surface area contributed by atoms with Crippen LogP contribution in [0.2, 0.25) is 0 Å². The number of aromatic nitrogens is 2. The van der Waals surface area contributed by atoms with Crippen molar-refractivity contribution in [3.8, 4) is 0 Å². The highest BCUT2D eigenvalue weighted by molar-refractivity contribution is 5.86. The molecule has 4 nitrogen and oxygen atoms in total. The highest BCUT2D eigenvalue weighted by atomic mass is 16.4. The van der Waals surface area contributed by atoms with Crippen LogP contribution in [0.5, 0.6) is 0 Å². The van der Waals surface area contributed by atoms with Gasteiger partial charge in [0.15, 0.2) is 5.69 Å². The van der Waals surface area contributed by atoms with Crippen LogP contribution >= 0.6 is 0 Å². The average molecular weight is 152 g/mol. The Morgan fingerprint density at radius 2 is 2.64 bits per heavy atom. The first-order valence-electron chi connectivity index (χ1n) is 3.12. The number of hydrogen-bond donors (Lipinski definition) is 2. The average Bonchev–Trinajstić information content (AvgIpc) is 2.36. The van der Waals surface area contributed by atoms with Crippen molar-refractivity contribution in [1.82, 2.24) is 9.97 Å². The number of allylic oxidation sites excluding steroid dienone is 1. The molecule has 0 bridgehead atoms. The summed E-state index contributed by atoms with van der Waals surface area (Å²) in [5.74, 6) is -1.01. The predicted molar refractivity (Wildman–Crippen MR) is 39.4 cm³/mol. The maximum atomic E-state index is 10.4. The van der Waals surface area contributed by atoms with Gasteiger partial charge in [-0.05, 0) is 0 Å². The lowest BCUT2D eigenvalue weighted by Crippen LogP contribution is -2.00. The van der Waals surface area contributed by atoms with Gasteiger partial charge in [-0.3, -0.25) is 0 Å². The second-order valence-electron chi connectivity index (χ2n) is 2.03. The number of carboxylic acid groups (broad SMARTS) is 1. The van der Waals surface area contributed by atoms with Crippen molar-refractivity contribution in [1.29, 1.82) is 0 Å². The zero-order valence-electron chi connectivity index (χ0n) is 5.87. The Labute approximate surface area is 63.6 Å². The molecule has 0 saturated heterocycles. The minimum Gasteiger partial charge on any atom is -0.476 e. The topological polar surface area (TPSA) is 66.0 Å². The lowest BCUT2D eigenvalue weighted by Gasteiger charge is -1.91. The molecule has 0 aromatic carbocycles. The van der Waals surface area contributed by atoms with Gasteiger partial charge in [-0.25, -0.2) is 9.78 Å². The molecule has 1 aromatic rings. The van der Waals surface area contributed by atoms with Gasteiger partial charge < -0.3 is 10.1 Å². The van der Waals surface area contributed by atoms with Crippen molar-refractivity contribution in [2.24, 2.45) is 0 Å². The molecule has 2 N–H and O–H groups in total. The molecule has 1 aromatic heterocycles. The van der Waals surface area contributed by atoms with E-state index in [0.717, 1.165) is 0 Å². The Bertz CT molecular complexity index is 278. The standard InChI is InChI=1S/C7H8N2O2/c1-2-3-5-6(7(10)11)9-4-8-5/h2,4H,1,3H2,(H,8,9)(H,10,11). The van der Waals surface area contributed by atoms with Crippen LogP contribution in [0.1, 0.15) is 16.2 Å². The van der Waals surface area contributed by atoms with E-state index in [-0.39, 0.29) is 5.69 Å². The Morgan fingerprint density at radius 3 is 3.18 bits per heavy atom. The third-order valence-corrected chi connectivity index (χ3v) is 1.27. The molecule has 4 heteroatoms. The summed E-state index contributed by atoms with van der Waals surface area (Å²) in [6, 6.07) is 0. The summed E-state index contributed by atoms with van der Waals surface area (Å²) >= 11 is 0. The van der Waals surface area contributed by atoms with Crippen LogP contribution in [0.25, 0.3) is 0 Å². The second-order valence-corrected chi connectivity index (χ2v) is 2.03. The Balaban J connectivity index is 2.95. The number of H-pyrrole nitrogens is 1. The van der Waals surface area contributed by atoms with E-state index < -0.39 is 5.97 Å². The zero-order valence-corrected chi connectivity index (χ0v) is 5.87. The fraction of sp³-hybridized carbons (Fsp3) is 0.143. The molecule has 58 valence electrons. The van der Waals surface area contributed by atoms with Gasteiger partial charge in [0.1, 0.15) is 0 Å². The van der Waals surface area contributed by atoms with E-state index in [9.17, 15) is 4.79 Å². The molecule has 0 saturated carbocycles. The highest BCUT2D eigenvalue weighted by Crippen LogP contribution is 2.03. The molecule has 0 unspecified atom stereocenters. The second kappa shape index (κ2) is 3.01. The molecule has 0 aliphatic rings. The highest BCUT2D eigenvalue weighted by Gasteiger charge is 2.10. The summed E-state index contributed by atoms with van der Waals surface area (Å²) in [6.45, 7) is 3.50. The fourth-order valence-corrected chi connectivity index (χ4v) is 0.805. The monoisotopic (exact) mass is 152 g/mol. The molecule has 0 amide bonds. The number of carboxylic acids is 1. The van der Waals surface area contributed by atoms with Gasteiger partial charge >= 0.3 is 5.97 Å². The van der Waals surface area contributed by atoms with Crippen molar-refractivity contribution in [3.63, 3.8) is 0 Å². The van der Waals surface area contributed by atoms with E-state index in [0.29, 0.717) is 12.1 Å². The van der Waals surface area contributed by atoms with Crippen molar-refractivity contribution in [3.05, 3.63) is 30.4 Å². The summed E-state index contributed by atoms with van der Waals surface area (Å²) < 4.78 is 0. The van der Waals surface area contributed by atoms with Gasteiger partial charge in [0.05, 0.1) is 12.0 Å². The zero-order chi connectivity index (χ0) is 8.27. The molecule has 0 spiro atoms. The van der Waals surface area contributed by atoms with Crippen LogP contribution in [-0.4, -0.2) is 21.0 Å². The molecule has 0 aliphatic carbocycles. The number of carbonyl (C=O) groups is 1. The van der Waals surface area contributed by atoms with Gasteiger partial charge in [-0.2, -0.15) is 0 Å². The summed E-state index contributed by atoms with van der Waals surface area (Å²) in [6.07, 6.45) is 3.49. The summed E-state index contributed by atoms with van der Waals surface area (Å²) in [4.78, 5) is 16.8. The Morgan fingerprint density at radius 1 is 1.91 bits per heavy atom. The summed E-state index contributed by atoms with van der Waals surface area (Å²) in [5.41, 5.74) is 0.664. The lowest BCUT2D eigenvalue weighted by molar-refractivity contribution is 0.0690. The molecule has 0 fully saturated rings. The number of rotatable bonds is 3. The molecule has 1 rings (SSSR count). The van der Waals surface area contributed by atoms with Crippen molar-refractivity contribution >= 4 is 5.97 Å². The van der Waals surface area contributed by atoms with Crippen molar-refractivity contribution in [2.75, 3.05) is 0 Å². The van der Waals surface area contributed by atoms with E-state index in [2.05, 4.69) is 16.5 Å². The molecule has 1 heterocycles. The number of imidazole rings is 1. The van der Waals surface area contributed by atoms with Crippen LogP contribution in [0, 0.1) is 0 Å². The maximum absolute atomic E-state index is 10.4. The Kier molecular flexibility index (Phi) is 2.06. The molecule has 0 radical (unpaired) electrons. The smallest absolute Gasteiger partial charge is 0.356 e. The third-order valence-electron chi connectivity index (χ3n) is 1.27. The van der Waals surface area contributed by atoms with E-state index in [1.165, 1.54) is 6.33 Å². The molecule has 11 heavy (non-hydrogen) atoms. The number of aromatic carboxylic acids is 1. The van der Waals surface area contributed by atoms with E-state index in [1.54, 1.807) is 6.08 Å². The molecule has 0 aliphatic heterocycles. The normalized spacial score (nSPS) is 9.45. The minimum atomic E-state index is -1.01. The van der Waals surface area contributed by atoms with Crippen molar-refractivity contribution < 1.29 is 9.90 Å². The number of nitrogens with one attached hydrogen (secondary N) is 1.